The van der Waals surface area contributed by atoms with E-state index < -0.39 is 0 Å². The predicted molar refractivity (Wildman–Crippen MR) is 85.2 cm³/mol. The van der Waals surface area contributed by atoms with Crippen LogP contribution in [-0.4, -0.2) is 53.0 Å². The van der Waals surface area contributed by atoms with Crippen LogP contribution < -0.4 is 0 Å². The molecule has 0 N–H and O–H groups in total. The first-order valence-corrected chi connectivity index (χ1v) is 8.98. The van der Waals surface area contributed by atoms with Crippen molar-refractivity contribution < 1.29 is 0 Å². The second-order valence-electron chi connectivity index (χ2n) is 6.63. The van der Waals surface area contributed by atoms with Crippen molar-refractivity contribution in [1.82, 2.24) is 14.8 Å². The molecule has 0 spiro atoms. The molecule has 3 rings (SSSR count). The number of piperidine rings is 1. The van der Waals surface area contributed by atoms with Crippen LogP contribution in [0.2, 0.25) is 0 Å². The van der Waals surface area contributed by atoms with E-state index in [0.717, 1.165) is 24.4 Å². The largest absolute Gasteiger partial charge is 0.298 e. The van der Waals surface area contributed by atoms with Crippen molar-refractivity contribution in [3.8, 4) is 0 Å². The molecule has 2 fully saturated rings. The summed E-state index contributed by atoms with van der Waals surface area (Å²) in [5.41, 5.74) is 0. The number of hydrogen-bond acceptors (Lipinski definition) is 4. The molecular weight excluding hydrogens is 266 g/mol. The minimum absolute atomic E-state index is 0.726. The Kier molecular flexibility index (Phi) is 4.74. The normalized spacial score (nSPS) is 28.8. The Morgan fingerprint density at radius 1 is 1.35 bits per heavy atom. The maximum Gasteiger partial charge on any atom is 0.0937 e. The topological polar surface area (TPSA) is 19.4 Å². The van der Waals surface area contributed by atoms with Crippen LogP contribution in [0, 0.1) is 5.92 Å². The minimum Gasteiger partial charge on any atom is -0.298 e. The monoisotopic (exact) mass is 293 g/mol. The average molecular weight is 293 g/mol. The van der Waals surface area contributed by atoms with Gasteiger partial charge < -0.3 is 0 Å². The van der Waals surface area contributed by atoms with Gasteiger partial charge in [-0.3, -0.25) is 9.80 Å². The molecule has 1 aromatic heterocycles. The second kappa shape index (κ2) is 6.54. The van der Waals surface area contributed by atoms with Crippen molar-refractivity contribution in [3.05, 3.63) is 16.6 Å². The fourth-order valence-electron chi connectivity index (χ4n) is 3.77. The molecule has 4 heteroatoms. The highest BCUT2D eigenvalue weighted by molar-refractivity contribution is 7.09. The van der Waals surface area contributed by atoms with Crippen LogP contribution in [0.3, 0.4) is 0 Å². The summed E-state index contributed by atoms with van der Waals surface area (Å²) in [4.78, 5) is 9.94. The Bertz CT molecular complexity index is 404. The highest BCUT2D eigenvalue weighted by atomic mass is 32.1. The summed E-state index contributed by atoms with van der Waals surface area (Å²) in [6, 6.07) is 1.54. The van der Waals surface area contributed by atoms with Gasteiger partial charge in [0.1, 0.15) is 0 Å². The van der Waals surface area contributed by atoms with Crippen molar-refractivity contribution in [2.75, 3.05) is 26.2 Å². The third-order valence-electron chi connectivity index (χ3n) is 4.95. The highest BCUT2D eigenvalue weighted by Gasteiger charge is 2.35. The van der Waals surface area contributed by atoms with Crippen LogP contribution in [0.4, 0.5) is 0 Å². The van der Waals surface area contributed by atoms with E-state index in [4.69, 9.17) is 0 Å². The molecular formula is C16H27N3S. The molecule has 0 bridgehead atoms. The molecule has 0 aromatic carbocycles. The fourth-order valence-corrected chi connectivity index (χ4v) is 4.38. The van der Waals surface area contributed by atoms with E-state index >= 15 is 0 Å². The Hall–Kier alpha value is -0.450. The molecule has 1 aromatic rings. The molecule has 2 aliphatic rings. The maximum atomic E-state index is 4.43. The van der Waals surface area contributed by atoms with Crippen LogP contribution in [0.15, 0.2) is 11.6 Å². The second-order valence-corrected chi connectivity index (χ2v) is 7.61. The predicted octanol–water partition coefficient (Wildman–Crippen LogP) is 2.88. The smallest absolute Gasteiger partial charge is 0.0937 e. The summed E-state index contributed by atoms with van der Waals surface area (Å²) in [5.74, 6) is 0.745. The summed E-state index contributed by atoms with van der Waals surface area (Å²) in [6.07, 6.45) is 7.28. The third-order valence-corrected chi connectivity index (χ3v) is 5.79. The zero-order chi connectivity index (χ0) is 13.9. The van der Waals surface area contributed by atoms with Crippen molar-refractivity contribution >= 4 is 11.3 Å². The van der Waals surface area contributed by atoms with Gasteiger partial charge in [-0.2, -0.15) is 0 Å². The van der Waals surface area contributed by atoms with Crippen molar-refractivity contribution in [3.63, 3.8) is 0 Å². The Balaban J connectivity index is 1.63. The molecule has 2 unspecified atom stereocenters. The Labute approximate surface area is 127 Å². The number of hydrogen-bond donors (Lipinski definition) is 0. The van der Waals surface area contributed by atoms with Gasteiger partial charge in [-0.1, -0.05) is 20.3 Å². The standard InChI is InChI=1S/C16H27N3S/c1-13(2)15-12-18-8-4-3-5-14(18)11-19(15)9-6-16-17-7-10-20-16/h7,10,13-15H,3-6,8-9,11-12H2,1-2H3. The Morgan fingerprint density at radius 2 is 2.25 bits per heavy atom. The average Bonchev–Trinajstić information content (AvgIpc) is 2.97. The van der Waals surface area contributed by atoms with Crippen LogP contribution >= 0.6 is 11.3 Å². The molecule has 0 saturated carbocycles. The lowest BCUT2D eigenvalue weighted by Gasteiger charge is -2.49. The van der Waals surface area contributed by atoms with Gasteiger partial charge in [0.25, 0.3) is 0 Å². The summed E-state index contributed by atoms with van der Waals surface area (Å²) in [5, 5.41) is 3.38. The van der Waals surface area contributed by atoms with E-state index in [2.05, 4.69) is 34.0 Å². The van der Waals surface area contributed by atoms with E-state index in [9.17, 15) is 0 Å². The highest BCUT2D eigenvalue weighted by Crippen LogP contribution is 2.27. The van der Waals surface area contributed by atoms with E-state index in [1.54, 1.807) is 11.3 Å². The number of thiazole rings is 1. The molecule has 0 amide bonds. The van der Waals surface area contributed by atoms with Crippen LogP contribution in [-0.2, 0) is 6.42 Å². The molecule has 3 heterocycles. The lowest BCUT2D eigenvalue weighted by Crippen LogP contribution is -2.61. The number of aromatic nitrogens is 1. The van der Waals surface area contributed by atoms with E-state index in [0.29, 0.717) is 0 Å². The number of rotatable bonds is 4. The van der Waals surface area contributed by atoms with Gasteiger partial charge in [0.05, 0.1) is 5.01 Å². The lowest BCUT2D eigenvalue weighted by molar-refractivity contribution is -0.00674. The van der Waals surface area contributed by atoms with Gasteiger partial charge in [0, 0.05) is 49.7 Å². The first-order valence-electron chi connectivity index (χ1n) is 8.10. The van der Waals surface area contributed by atoms with Gasteiger partial charge in [-0.15, -0.1) is 11.3 Å². The summed E-state index contributed by atoms with van der Waals surface area (Å²) in [7, 11) is 0. The zero-order valence-electron chi connectivity index (χ0n) is 12.8. The molecule has 20 heavy (non-hydrogen) atoms. The van der Waals surface area contributed by atoms with Crippen LogP contribution in [0.1, 0.15) is 38.1 Å². The number of piperazine rings is 1. The van der Waals surface area contributed by atoms with Crippen LogP contribution in [0.25, 0.3) is 0 Å². The van der Waals surface area contributed by atoms with E-state index in [1.807, 2.05) is 6.20 Å². The van der Waals surface area contributed by atoms with Gasteiger partial charge in [0.15, 0.2) is 0 Å². The van der Waals surface area contributed by atoms with Crippen molar-refractivity contribution in [2.24, 2.45) is 5.92 Å². The molecule has 2 aliphatic heterocycles. The lowest BCUT2D eigenvalue weighted by atomic mass is 9.92. The number of fused-ring (bicyclic) bond motifs is 1. The fraction of sp³-hybridized carbons (Fsp3) is 0.812. The van der Waals surface area contributed by atoms with E-state index in [-0.39, 0.29) is 0 Å². The SMILES string of the molecule is CC(C)C1CN2CCCCC2CN1CCc1nccs1. The van der Waals surface area contributed by atoms with Gasteiger partial charge in [-0.05, 0) is 25.3 Å². The molecule has 2 saturated heterocycles. The molecule has 2 atom stereocenters. The van der Waals surface area contributed by atoms with Crippen molar-refractivity contribution in [2.45, 2.75) is 51.6 Å². The maximum absolute atomic E-state index is 4.43. The van der Waals surface area contributed by atoms with E-state index in [1.165, 1.54) is 50.4 Å². The number of nitrogens with zero attached hydrogens (tertiary/aromatic N) is 3. The minimum atomic E-state index is 0.726. The third kappa shape index (κ3) is 3.23. The summed E-state index contributed by atoms with van der Waals surface area (Å²) in [6.45, 7) is 9.82. The van der Waals surface area contributed by atoms with Crippen LogP contribution in [0.5, 0.6) is 0 Å². The zero-order valence-corrected chi connectivity index (χ0v) is 13.6. The van der Waals surface area contributed by atoms with Gasteiger partial charge in [0.2, 0.25) is 0 Å². The van der Waals surface area contributed by atoms with Crippen molar-refractivity contribution in [1.29, 1.82) is 0 Å². The Morgan fingerprint density at radius 3 is 3.00 bits per heavy atom. The molecule has 0 radical (unpaired) electrons. The first kappa shape index (κ1) is 14.5. The molecule has 3 nitrogen and oxygen atoms in total. The summed E-state index contributed by atoms with van der Waals surface area (Å²) >= 11 is 1.80. The molecule has 0 aliphatic carbocycles. The van der Waals surface area contributed by atoms with Gasteiger partial charge in [-0.25, -0.2) is 4.98 Å². The molecule has 112 valence electrons. The quantitative estimate of drug-likeness (QED) is 0.851. The summed E-state index contributed by atoms with van der Waals surface area (Å²) < 4.78 is 0. The first-order chi connectivity index (χ1) is 9.74. The van der Waals surface area contributed by atoms with Gasteiger partial charge >= 0.3 is 0 Å².